The maximum atomic E-state index is 12.0. The van der Waals surface area contributed by atoms with E-state index >= 15 is 0 Å². The molecule has 98 valence electrons. The quantitative estimate of drug-likeness (QED) is 0.813. The third kappa shape index (κ3) is 3.19. The van der Waals surface area contributed by atoms with Gasteiger partial charge in [0.2, 0.25) is 0 Å². The molecule has 0 heterocycles. The van der Waals surface area contributed by atoms with Crippen LogP contribution < -0.4 is 0 Å². The van der Waals surface area contributed by atoms with Crippen molar-refractivity contribution in [3.05, 3.63) is 35.4 Å². The van der Waals surface area contributed by atoms with Gasteiger partial charge in [-0.25, -0.2) is 0 Å². The molecule has 18 heavy (non-hydrogen) atoms. The van der Waals surface area contributed by atoms with Gasteiger partial charge in [0.25, 0.3) is 0 Å². The summed E-state index contributed by atoms with van der Waals surface area (Å²) >= 11 is 0. The van der Waals surface area contributed by atoms with Crippen molar-refractivity contribution in [2.24, 2.45) is 5.92 Å². The van der Waals surface area contributed by atoms with E-state index in [9.17, 15) is 14.7 Å². The smallest absolute Gasteiger partial charge is 0.313 e. The first-order valence-corrected chi connectivity index (χ1v) is 6.12. The molecule has 0 amide bonds. The number of aliphatic carboxylic acids is 1. The van der Waals surface area contributed by atoms with Crippen molar-refractivity contribution < 1.29 is 14.7 Å². The Balaban J connectivity index is 3.07. The predicted molar refractivity (Wildman–Crippen MR) is 70.9 cm³/mol. The molecule has 3 heteroatoms. The van der Waals surface area contributed by atoms with Gasteiger partial charge in [0.15, 0.2) is 5.78 Å². The van der Waals surface area contributed by atoms with Gasteiger partial charge in [-0.15, -0.1) is 0 Å². The van der Waals surface area contributed by atoms with Gasteiger partial charge in [0.1, 0.15) is 0 Å². The van der Waals surface area contributed by atoms with Crippen molar-refractivity contribution in [2.75, 3.05) is 0 Å². The number of hydrogen-bond acceptors (Lipinski definition) is 2. The molecule has 0 fully saturated rings. The summed E-state index contributed by atoms with van der Waals surface area (Å²) in [6.07, 6.45) is 0.483. The van der Waals surface area contributed by atoms with Gasteiger partial charge in [0, 0.05) is 12.0 Å². The zero-order valence-electron chi connectivity index (χ0n) is 11.4. The number of carbonyl (C=O) groups is 2. The first-order valence-electron chi connectivity index (χ1n) is 6.12. The van der Waals surface area contributed by atoms with Crippen molar-refractivity contribution in [2.45, 2.75) is 39.5 Å². The van der Waals surface area contributed by atoms with Crippen molar-refractivity contribution in [1.82, 2.24) is 0 Å². The van der Waals surface area contributed by atoms with E-state index in [4.69, 9.17) is 0 Å². The highest BCUT2D eigenvalue weighted by Gasteiger charge is 2.29. The minimum absolute atomic E-state index is 0.0630. The summed E-state index contributed by atoms with van der Waals surface area (Å²) in [4.78, 5) is 23.2. The molecule has 1 rings (SSSR count). The van der Waals surface area contributed by atoms with Crippen LogP contribution in [0, 0.1) is 5.92 Å². The minimum Gasteiger partial charge on any atom is -0.481 e. The number of hydrogen-bond donors (Lipinski definition) is 1. The molecule has 1 aromatic carbocycles. The SMILES string of the molecule is CC(C)CC(=O)c1cccc(C(C)(C)C(=O)O)c1. The molecule has 0 aliphatic rings. The first kappa shape index (κ1) is 14.4. The van der Waals surface area contributed by atoms with E-state index in [1.807, 2.05) is 13.8 Å². The Labute approximate surface area is 108 Å². The van der Waals surface area contributed by atoms with Gasteiger partial charge in [-0.05, 0) is 31.4 Å². The van der Waals surface area contributed by atoms with Crippen LogP contribution in [0.5, 0.6) is 0 Å². The number of carboxylic acid groups (broad SMARTS) is 1. The fraction of sp³-hybridized carbons (Fsp3) is 0.467. The lowest BCUT2D eigenvalue weighted by Crippen LogP contribution is -2.28. The second-order valence-corrected chi connectivity index (χ2v) is 5.53. The first-order chi connectivity index (χ1) is 8.25. The Kier molecular flexibility index (Phi) is 4.28. The van der Waals surface area contributed by atoms with Crippen LogP contribution >= 0.6 is 0 Å². The van der Waals surface area contributed by atoms with Gasteiger partial charge < -0.3 is 5.11 Å². The highest BCUT2D eigenvalue weighted by molar-refractivity contribution is 5.96. The molecular formula is C15H20O3. The third-order valence-corrected chi connectivity index (χ3v) is 3.03. The molecule has 0 bridgehead atoms. The molecule has 0 saturated carbocycles. The van der Waals surface area contributed by atoms with E-state index in [1.165, 1.54) is 0 Å². The number of benzene rings is 1. The molecule has 0 aliphatic heterocycles. The van der Waals surface area contributed by atoms with Crippen LogP contribution in [-0.4, -0.2) is 16.9 Å². The lowest BCUT2D eigenvalue weighted by Gasteiger charge is -2.20. The normalized spacial score (nSPS) is 11.6. The molecule has 0 atom stereocenters. The summed E-state index contributed by atoms with van der Waals surface area (Å²) in [5.41, 5.74) is 0.272. The zero-order chi connectivity index (χ0) is 13.9. The van der Waals surface area contributed by atoms with Crippen LogP contribution in [-0.2, 0) is 10.2 Å². The lowest BCUT2D eigenvalue weighted by molar-refractivity contribution is -0.142. The third-order valence-electron chi connectivity index (χ3n) is 3.03. The second kappa shape index (κ2) is 5.34. The van der Waals surface area contributed by atoms with Gasteiger partial charge in [-0.1, -0.05) is 32.0 Å². The highest BCUT2D eigenvalue weighted by Crippen LogP contribution is 2.24. The van der Waals surface area contributed by atoms with Crippen LogP contribution in [0.15, 0.2) is 24.3 Å². The molecule has 0 aromatic heterocycles. The molecule has 0 unspecified atom stereocenters. The maximum Gasteiger partial charge on any atom is 0.313 e. The average molecular weight is 248 g/mol. The van der Waals surface area contributed by atoms with Crippen molar-refractivity contribution in [3.63, 3.8) is 0 Å². The molecule has 0 spiro atoms. The van der Waals surface area contributed by atoms with E-state index in [-0.39, 0.29) is 5.78 Å². The van der Waals surface area contributed by atoms with E-state index < -0.39 is 11.4 Å². The van der Waals surface area contributed by atoms with Gasteiger partial charge in [0.05, 0.1) is 5.41 Å². The predicted octanol–water partition coefficient (Wildman–Crippen LogP) is 3.28. The summed E-state index contributed by atoms with van der Waals surface area (Å²) in [5, 5.41) is 9.18. The van der Waals surface area contributed by atoms with E-state index in [2.05, 4.69) is 0 Å². The summed E-state index contributed by atoms with van der Waals surface area (Å²) in [6.45, 7) is 7.26. The number of Topliss-reactive ketones (excluding diaryl/α,β-unsaturated/α-hetero) is 1. The Morgan fingerprint density at radius 3 is 2.39 bits per heavy atom. The van der Waals surface area contributed by atoms with E-state index in [0.29, 0.717) is 23.5 Å². The molecule has 0 radical (unpaired) electrons. The number of ketones is 1. The highest BCUT2D eigenvalue weighted by atomic mass is 16.4. The Hall–Kier alpha value is -1.64. The second-order valence-electron chi connectivity index (χ2n) is 5.53. The summed E-state index contributed by atoms with van der Waals surface area (Å²) < 4.78 is 0. The van der Waals surface area contributed by atoms with Gasteiger partial charge in [-0.3, -0.25) is 9.59 Å². The standard InChI is InChI=1S/C15H20O3/c1-10(2)8-13(16)11-6-5-7-12(9-11)15(3,4)14(17)18/h5-7,9-10H,8H2,1-4H3,(H,17,18). The molecule has 0 saturated heterocycles. The monoisotopic (exact) mass is 248 g/mol. The Morgan fingerprint density at radius 2 is 1.89 bits per heavy atom. The number of rotatable bonds is 5. The van der Waals surface area contributed by atoms with Crippen molar-refractivity contribution in [3.8, 4) is 0 Å². The fourth-order valence-electron chi connectivity index (χ4n) is 1.69. The van der Waals surface area contributed by atoms with Crippen LogP contribution in [0.3, 0.4) is 0 Å². The molecule has 1 aromatic rings. The molecule has 1 N–H and O–H groups in total. The van der Waals surface area contributed by atoms with Crippen molar-refractivity contribution >= 4 is 11.8 Å². The minimum atomic E-state index is -0.978. The van der Waals surface area contributed by atoms with Crippen LogP contribution in [0.1, 0.15) is 50.0 Å². The molecule has 0 aliphatic carbocycles. The van der Waals surface area contributed by atoms with E-state index in [1.54, 1.807) is 38.1 Å². The molecular weight excluding hydrogens is 228 g/mol. The maximum absolute atomic E-state index is 12.0. The zero-order valence-corrected chi connectivity index (χ0v) is 11.4. The van der Waals surface area contributed by atoms with Crippen molar-refractivity contribution in [1.29, 1.82) is 0 Å². The number of carboxylic acids is 1. The summed E-state index contributed by atoms with van der Waals surface area (Å²) in [6, 6.07) is 6.93. The average Bonchev–Trinajstić information content (AvgIpc) is 2.28. The molecule has 3 nitrogen and oxygen atoms in total. The van der Waals surface area contributed by atoms with Crippen LogP contribution in [0.2, 0.25) is 0 Å². The Morgan fingerprint density at radius 1 is 1.28 bits per heavy atom. The topological polar surface area (TPSA) is 54.4 Å². The Bertz CT molecular complexity index is 459. The lowest BCUT2D eigenvalue weighted by atomic mass is 9.83. The van der Waals surface area contributed by atoms with Gasteiger partial charge in [-0.2, -0.15) is 0 Å². The fourth-order valence-corrected chi connectivity index (χ4v) is 1.69. The van der Waals surface area contributed by atoms with Crippen LogP contribution in [0.25, 0.3) is 0 Å². The summed E-state index contributed by atoms with van der Waals surface area (Å²) in [7, 11) is 0. The number of carbonyl (C=O) groups excluding carboxylic acids is 1. The van der Waals surface area contributed by atoms with Gasteiger partial charge >= 0.3 is 5.97 Å². The largest absolute Gasteiger partial charge is 0.481 e. The summed E-state index contributed by atoms with van der Waals surface area (Å²) in [5.74, 6) is -0.530. The van der Waals surface area contributed by atoms with E-state index in [0.717, 1.165) is 0 Å². The van der Waals surface area contributed by atoms with Crippen LogP contribution in [0.4, 0.5) is 0 Å².